The van der Waals surface area contributed by atoms with Crippen molar-refractivity contribution in [2.75, 3.05) is 6.61 Å². The van der Waals surface area contributed by atoms with Crippen LogP contribution in [0.3, 0.4) is 0 Å². The summed E-state index contributed by atoms with van der Waals surface area (Å²) in [6.07, 6.45) is -0.0201. The summed E-state index contributed by atoms with van der Waals surface area (Å²) in [5.41, 5.74) is 0. The fourth-order valence-electron chi connectivity index (χ4n) is 1.58. The first kappa shape index (κ1) is 14.4. The van der Waals surface area contributed by atoms with Gasteiger partial charge in [0, 0.05) is 8.95 Å². The quantitative estimate of drug-likeness (QED) is 0.716. The molecule has 0 N–H and O–H groups in total. The van der Waals surface area contributed by atoms with E-state index in [1.807, 2.05) is 55.5 Å². The van der Waals surface area contributed by atoms with E-state index in [0.717, 1.165) is 20.4 Å². The lowest BCUT2D eigenvalue weighted by Crippen LogP contribution is -2.21. The Kier molecular flexibility index (Phi) is 5.28. The molecule has 2 nitrogen and oxygen atoms in total. The average molecular weight is 386 g/mol. The summed E-state index contributed by atoms with van der Waals surface area (Å²) in [4.78, 5) is 0. The lowest BCUT2D eigenvalue weighted by Gasteiger charge is -2.16. The van der Waals surface area contributed by atoms with Crippen LogP contribution in [0.5, 0.6) is 11.5 Å². The molecule has 0 spiro atoms. The van der Waals surface area contributed by atoms with Crippen molar-refractivity contribution in [1.82, 2.24) is 0 Å². The Hall–Kier alpha value is -1.00. The first-order valence-corrected chi connectivity index (χ1v) is 7.52. The van der Waals surface area contributed by atoms with Gasteiger partial charge in [-0.2, -0.15) is 0 Å². The highest BCUT2D eigenvalue weighted by Gasteiger charge is 2.06. The standard InChI is InChI=1S/C15H14Br2O2/c1-11(19-15-7-3-5-13(17)9-15)10-18-14-6-2-4-12(16)8-14/h2-9,11H,10H2,1H3. The summed E-state index contributed by atoms with van der Waals surface area (Å²) < 4.78 is 13.5. The van der Waals surface area contributed by atoms with Gasteiger partial charge >= 0.3 is 0 Å². The zero-order chi connectivity index (χ0) is 13.7. The van der Waals surface area contributed by atoms with Gasteiger partial charge in [0.1, 0.15) is 24.2 Å². The second kappa shape index (κ2) is 6.96. The lowest BCUT2D eigenvalue weighted by atomic mass is 10.3. The number of benzene rings is 2. The van der Waals surface area contributed by atoms with Crippen LogP contribution in [0.15, 0.2) is 57.5 Å². The summed E-state index contributed by atoms with van der Waals surface area (Å²) in [6.45, 7) is 2.49. The molecular formula is C15H14Br2O2. The Morgan fingerprint density at radius 2 is 1.53 bits per heavy atom. The minimum atomic E-state index is -0.0201. The zero-order valence-electron chi connectivity index (χ0n) is 10.5. The second-order valence-corrected chi connectivity index (χ2v) is 5.99. The third kappa shape index (κ3) is 4.88. The van der Waals surface area contributed by atoms with Gasteiger partial charge in [0.25, 0.3) is 0 Å². The number of rotatable bonds is 5. The van der Waals surface area contributed by atoms with Gasteiger partial charge in [0.2, 0.25) is 0 Å². The Bertz CT molecular complexity index is 543. The molecule has 0 heterocycles. The molecule has 0 aromatic heterocycles. The third-order valence-electron chi connectivity index (χ3n) is 2.41. The monoisotopic (exact) mass is 384 g/mol. The van der Waals surface area contributed by atoms with Crippen LogP contribution < -0.4 is 9.47 Å². The van der Waals surface area contributed by atoms with E-state index in [-0.39, 0.29) is 6.10 Å². The zero-order valence-corrected chi connectivity index (χ0v) is 13.6. The van der Waals surface area contributed by atoms with E-state index in [4.69, 9.17) is 9.47 Å². The Morgan fingerprint density at radius 3 is 2.16 bits per heavy atom. The molecule has 0 saturated heterocycles. The molecule has 0 amide bonds. The molecule has 0 saturated carbocycles. The normalized spacial score (nSPS) is 11.9. The van der Waals surface area contributed by atoms with E-state index in [9.17, 15) is 0 Å². The van der Waals surface area contributed by atoms with Gasteiger partial charge in [-0.05, 0) is 43.3 Å². The molecule has 0 fully saturated rings. The van der Waals surface area contributed by atoms with Crippen LogP contribution in [0, 0.1) is 0 Å². The topological polar surface area (TPSA) is 18.5 Å². The number of hydrogen-bond donors (Lipinski definition) is 0. The van der Waals surface area contributed by atoms with Crippen LogP contribution >= 0.6 is 31.9 Å². The first-order chi connectivity index (χ1) is 9.13. The lowest BCUT2D eigenvalue weighted by molar-refractivity contribution is 0.143. The molecule has 19 heavy (non-hydrogen) atoms. The summed E-state index contributed by atoms with van der Waals surface area (Å²) in [5, 5.41) is 0. The molecule has 0 aliphatic carbocycles. The van der Waals surface area contributed by atoms with Crippen LogP contribution in [0.1, 0.15) is 6.92 Å². The van der Waals surface area contributed by atoms with E-state index in [1.165, 1.54) is 0 Å². The summed E-state index contributed by atoms with van der Waals surface area (Å²) >= 11 is 6.83. The summed E-state index contributed by atoms with van der Waals surface area (Å²) in [6, 6.07) is 15.6. The van der Waals surface area contributed by atoms with Gasteiger partial charge < -0.3 is 9.47 Å². The van der Waals surface area contributed by atoms with Crippen LogP contribution in [0.4, 0.5) is 0 Å². The smallest absolute Gasteiger partial charge is 0.130 e. The van der Waals surface area contributed by atoms with Crippen molar-refractivity contribution < 1.29 is 9.47 Å². The van der Waals surface area contributed by atoms with Crippen LogP contribution in [-0.2, 0) is 0 Å². The Labute approximate surface area is 130 Å². The number of hydrogen-bond acceptors (Lipinski definition) is 2. The molecule has 4 heteroatoms. The molecular weight excluding hydrogens is 372 g/mol. The van der Waals surface area contributed by atoms with Crippen LogP contribution in [0.2, 0.25) is 0 Å². The average Bonchev–Trinajstić information content (AvgIpc) is 2.36. The van der Waals surface area contributed by atoms with Crippen molar-refractivity contribution >= 4 is 31.9 Å². The van der Waals surface area contributed by atoms with Crippen molar-refractivity contribution in [2.45, 2.75) is 13.0 Å². The fraction of sp³-hybridized carbons (Fsp3) is 0.200. The van der Waals surface area contributed by atoms with Gasteiger partial charge in [0.15, 0.2) is 0 Å². The Balaban J connectivity index is 1.86. The van der Waals surface area contributed by atoms with Gasteiger partial charge in [0.05, 0.1) is 0 Å². The SMILES string of the molecule is CC(COc1cccc(Br)c1)Oc1cccc(Br)c1. The molecule has 100 valence electrons. The Morgan fingerprint density at radius 1 is 0.947 bits per heavy atom. The van der Waals surface area contributed by atoms with Gasteiger partial charge in [-0.15, -0.1) is 0 Å². The molecule has 2 aromatic carbocycles. The van der Waals surface area contributed by atoms with Crippen molar-refractivity contribution in [3.63, 3.8) is 0 Å². The second-order valence-electron chi connectivity index (χ2n) is 4.15. The minimum absolute atomic E-state index is 0.0201. The van der Waals surface area contributed by atoms with E-state index in [2.05, 4.69) is 31.9 Å². The maximum atomic E-state index is 5.78. The molecule has 2 aromatic rings. The molecule has 0 aliphatic heterocycles. The molecule has 0 radical (unpaired) electrons. The highest BCUT2D eigenvalue weighted by Crippen LogP contribution is 2.20. The van der Waals surface area contributed by atoms with Crippen LogP contribution in [-0.4, -0.2) is 12.7 Å². The van der Waals surface area contributed by atoms with Crippen molar-refractivity contribution in [3.05, 3.63) is 57.5 Å². The first-order valence-electron chi connectivity index (χ1n) is 5.94. The van der Waals surface area contributed by atoms with E-state index < -0.39 is 0 Å². The van der Waals surface area contributed by atoms with Crippen LogP contribution in [0.25, 0.3) is 0 Å². The highest BCUT2D eigenvalue weighted by molar-refractivity contribution is 9.10. The van der Waals surface area contributed by atoms with E-state index in [1.54, 1.807) is 0 Å². The van der Waals surface area contributed by atoms with Gasteiger partial charge in [-0.1, -0.05) is 44.0 Å². The molecule has 0 bridgehead atoms. The predicted octanol–water partition coefficient (Wildman–Crippen LogP) is 5.06. The van der Waals surface area contributed by atoms with Gasteiger partial charge in [-0.3, -0.25) is 0 Å². The van der Waals surface area contributed by atoms with Crippen molar-refractivity contribution in [2.24, 2.45) is 0 Å². The van der Waals surface area contributed by atoms with Crippen molar-refractivity contribution in [1.29, 1.82) is 0 Å². The fourth-order valence-corrected chi connectivity index (χ4v) is 2.33. The summed E-state index contributed by atoms with van der Waals surface area (Å²) in [5.74, 6) is 1.67. The highest BCUT2D eigenvalue weighted by atomic mass is 79.9. The summed E-state index contributed by atoms with van der Waals surface area (Å²) in [7, 11) is 0. The maximum Gasteiger partial charge on any atom is 0.130 e. The third-order valence-corrected chi connectivity index (χ3v) is 3.40. The number of ether oxygens (including phenoxy) is 2. The van der Waals surface area contributed by atoms with Crippen molar-refractivity contribution in [3.8, 4) is 11.5 Å². The predicted molar refractivity (Wildman–Crippen MR) is 83.9 cm³/mol. The maximum absolute atomic E-state index is 5.78. The molecule has 0 aliphatic rings. The molecule has 1 atom stereocenters. The van der Waals surface area contributed by atoms with E-state index >= 15 is 0 Å². The minimum Gasteiger partial charge on any atom is -0.490 e. The van der Waals surface area contributed by atoms with Gasteiger partial charge in [-0.25, -0.2) is 0 Å². The molecule has 1 unspecified atom stereocenters. The van der Waals surface area contributed by atoms with E-state index in [0.29, 0.717) is 6.61 Å². The molecule has 2 rings (SSSR count). The number of halogens is 2. The largest absolute Gasteiger partial charge is 0.490 e.